The first-order valence-corrected chi connectivity index (χ1v) is 11.5. The van der Waals surface area contributed by atoms with E-state index in [0.717, 1.165) is 47.4 Å². The Morgan fingerprint density at radius 3 is 2.94 bits per heavy atom. The van der Waals surface area contributed by atoms with Gasteiger partial charge in [0.25, 0.3) is 6.47 Å². The second-order valence-electron chi connectivity index (χ2n) is 8.87. The van der Waals surface area contributed by atoms with Gasteiger partial charge in [-0.25, -0.2) is 0 Å². The summed E-state index contributed by atoms with van der Waals surface area (Å²) in [7, 11) is 0. The zero-order valence-electron chi connectivity index (χ0n) is 19.5. The number of hydrogen-bond donors (Lipinski definition) is 2. The van der Waals surface area contributed by atoms with Crippen molar-refractivity contribution in [3.63, 3.8) is 0 Å². The molecule has 0 unspecified atom stereocenters. The molecule has 2 saturated heterocycles. The van der Waals surface area contributed by atoms with Gasteiger partial charge in [0.2, 0.25) is 5.91 Å². The van der Waals surface area contributed by atoms with Crippen molar-refractivity contribution in [2.24, 2.45) is 11.3 Å². The van der Waals surface area contributed by atoms with E-state index >= 15 is 0 Å². The molecule has 34 heavy (non-hydrogen) atoms. The summed E-state index contributed by atoms with van der Waals surface area (Å²) in [6.07, 6.45) is 1.89. The highest BCUT2D eigenvalue weighted by molar-refractivity contribution is 5.93. The number of rotatable bonds is 6. The van der Waals surface area contributed by atoms with Gasteiger partial charge in [-0.05, 0) is 25.5 Å². The summed E-state index contributed by atoms with van der Waals surface area (Å²) in [5, 5.41) is 15.2. The van der Waals surface area contributed by atoms with Crippen LogP contribution in [0.25, 0.3) is 10.9 Å². The second-order valence-corrected chi connectivity index (χ2v) is 8.87. The Morgan fingerprint density at radius 1 is 1.35 bits per heavy atom. The number of aryl methyl sites for hydroxylation is 2. The van der Waals surface area contributed by atoms with Crippen LogP contribution in [0.3, 0.4) is 0 Å². The molecule has 1 aromatic carbocycles. The van der Waals surface area contributed by atoms with E-state index in [9.17, 15) is 4.79 Å². The van der Waals surface area contributed by atoms with Gasteiger partial charge >= 0.3 is 0 Å². The number of fused-ring (bicyclic) bond motifs is 2. The first kappa shape index (κ1) is 23.7. The highest BCUT2D eigenvalue weighted by Crippen LogP contribution is 2.44. The normalized spacial score (nSPS) is 21.1. The molecule has 2 aliphatic rings. The average molecular weight is 467 g/mol. The van der Waals surface area contributed by atoms with Crippen molar-refractivity contribution in [2.75, 3.05) is 31.2 Å². The smallest absolute Gasteiger partial charge is 0.290 e. The molecule has 0 aliphatic carbocycles. The van der Waals surface area contributed by atoms with Crippen LogP contribution in [0.15, 0.2) is 40.9 Å². The Morgan fingerprint density at radius 2 is 2.15 bits per heavy atom. The van der Waals surface area contributed by atoms with Crippen LogP contribution in [0, 0.1) is 18.3 Å². The summed E-state index contributed by atoms with van der Waals surface area (Å²) in [5.41, 5.74) is 3.49. The predicted octanol–water partition coefficient (Wildman–Crippen LogP) is 2.95. The third-order valence-corrected chi connectivity index (χ3v) is 6.53. The third-order valence-electron chi connectivity index (χ3n) is 6.53. The van der Waals surface area contributed by atoms with Gasteiger partial charge in [0, 0.05) is 41.8 Å². The fourth-order valence-electron chi connectivity index (χ4n) is 4.94. The molecule has 2 fully saturated rings. The van der Waals surface area contributed by atoms with Gasteiger partial charge in [-0.15, -0.1) is 0 Å². The molecule has 0 bridgehead atoms. The second kappa shape index (κ2) is 10.2. The number of pyridine rings is 1. The van der Waals surface area contributed by atoms with Crippen LogP contribution in [-0.2, 0) is 27.3 Å². The lowest BCUT2D eigenvalue weighted by molar-refractivity contribution is -0.131. The first-order valence-electron chi connectivity index (χ1n) is 11.5. The van der Waals surface area contributed by atoms with Crippen molar-refractivity contribution >= 4 is 29.0 Å². The van der Waals surface area contributed by atoms with E-state index in [1.165, 1.54) is 0 Å². The molecule has 9 nitrogen and oxygen atoms in total. The van der Waals surface area contributed by atoms with Crippen molar-refractivity contribution in [1.29, 1.82) is 0 Å². The molecule has 2 atom stereocenters. The lowest BCUT2D eigenvalue weighted by Gasteiger charge is -2.27. The van der Waals surface area contributed by atoms with Crippen molar-refractivity contribution in [3.05, 3.63) is 53.5 Å². The zero-order chi connectivity index (χ0) is 24.1. The number of para-hydroxylation sites is 1. The van der Waals surface area contributed by atoms with Gasteiger partial charge < -0.3 is 24.6 Å². The van der Waals surface area contributed by atoms with Gasteiger partial charge in [-0.1, -0.05) is 36.7 Å². The molecule has 2 N–H and O–H groups in total. The van der Waals surface area contributed by atoms with Gasteiger partial charge in [0.05, 0.1) is 36.4 Å². The molecule has 9 heteroatoms. The van der Waals surface area contributed by atoms with Crippen LogP contribution in [-0.4, -0.2) is 53.9 Å². The summed E-state index contributed by atoms with van der Waals surface area (Å²) in [4.78, 5) is 28.7. The standard InChI is InChI=1S/C24H28N4O3.CH2O2/c1-3-6-18-10-19(31-27-18)11-25-23(29)24-14-28(12-17(24)13-30-15-24)22-9-16(2)26-21-8-5-4-7-20(21)22;2-1-3/h4-5,7-10,17H,3,6,11-15H2,1-2H3,(H,25,29);1H,(H,2,3)/t17-,24-;/m0./s1. The maximum Gasteiger partial charge on any atom is 0.290 e. The molecule has 180 valence electrons. The van der Waals surface area contributed by atoms with E-state index in [-0.39, 0.29) is 18.3 Å². The molecule has 0 radical (unpaired) electrons. The number of ether oxygens (including phenoxy) is 1. The lowest BCUT2D eigenvalue weighted by Crippen LogP contribution is -2.46. The summed E-state index contributed by atoms with van der Waals surface area (Å²) in [6.45, 7) is 6.70. The van der Waals surface area contributed by atoms with Crippen LogP contribution in [0.2, 0.25) is 0 Å². The van der Waals surface area contributed by atoms with Gasteiger partial charge in [0.15, 0.2) is 5.76 Å². The third kappa shape index (κ3) is 4.61. The molecule has 0 spiro atoms. The lowest BCUT2D eigenvalue weighted by atomic mass is 9.80. The highest BCUT2D eigenvalue weighted by Gasteiger charge is 2.56. The zero-order valence-corrected chi connectivity index (χ0v) is 19.5. The van der Waals surface area contributed by atoms with Crippen LogP contribution in [0.4, 0.5) is 5.69 Å². The molecule has 5 rings (SSSR count). The van der Waals surface area contributed by atoms with E-state index in [2.05, 4.69) is 39.4 Å². The predicted molar refractivity (Wildman–Crippen MR) is 126 cm³/mol. The number of carbonyl (C=O) groups is 2. The number of amides is 1. The number of anilines is 1. The monoisotopic (exact) mass is 466 g/mol. The summed E-state index contributed by atoms with van der Waals surface area (Å²) < 4.78 is 11.2. The highest BCUT2D eigenvalue weighted by atomic mass is 16.5. The molecule has 2 aliphatic heterocycles. The van der Waals surface area contributed by atoms with E-state index in [4.69, 9.17) is 19.2 Å². The maximum atomic E-state index is 13.4. The number of carbonyl (C=O) groups excluding carboxylic acids is 1. The fourth-order valence-corrected chi connectivity index (χ4v) is 4.94. The van der Waals surface area contributed by atoms with Crippen LogP contribution in [0.1, 0.15) is 30.5 Å². The Bertz CT molecular complexity index is 1160. The van der Waals surface area contributed by atoms with Crippen molar-refractivity contribution in [2.45, 2.75) is 33.2 Å². The fraction of sp³-hybridized carbons (Fsp3) is 0.440. The van der Waals surface area contributed by atoms with Gasteiger partial charge in [0.1, 0.15) is 0 Å². The quantitative estimate of drug-likeness (QED) is 0.533. The summed E-state index contributed by atoms with van der Waals surface area (Å²) in [6, 6.07) is 12.2. The van der Waals surface area contributed by atoms with Crippen molar-refractivity contribution in [1.82, 2.24) is 15.5 Å². The molecule has 0 saturated carbocycles. The Hall–Kier alpha value is -3.46. The summed E-state index contributed by atoms with van der Waals surface area (Å²) >= 11 is 0. The number of nitrogens with one attached hydrogen (secondary N) is 1. The molecule has 3 aromatic rings. The number of hydrogen-bond acceptors (Lipinski definition) is 7. The Balaban J connectivity index is 0.000000868. The van der Waals surface area contributed by atoms with Crippen LogP contribution < -0.4 is 10.2 Å². The minimum absolute atomic E-state index is 0.0287. The topological polar surface area (TPSA) is 118 Å². The Kier molecular flexibility index (Phi) is 7.12. The van der Waals surface area contributed by atoms with Crippen molar-refractivity contribution in [3.8, 4) is 0 Å². The minimum atomic E-state index is -0.551. The Labute approximate surface area is 198 Å². The molecular weight excluding hydrogens is 436 g/mol. The van der Waals surface area contributed by atoms with E-state index < -0.39 is 5.41 Å². The number of nitrogens with zero attached hydrogens (tertiary/aromatic N) is 3. The number of benzene rings is 1. The molecule has 4 heterocycles. The van der Waals surface area contributed by atoms with Crippen LogP contribution >= 0.6 is 0 Å². The maximum absolute atomic E-state index is 13.4. The van der Waals surface area contributed by atoms with E-state index in [1.807, 2.05) is 31.2 Å². The van der Waals surface area contributed by atoms with Gasteiger partial charge in [-0.3, -0.25) is 14.6 Å². The van der Waals surface area contributed by atoms with Gasteiger partial charge in [-0.2, -0.15) is 0 Å². The van der Waals surface area contributed by atoms with E-state index in [1.54, 1.807) is 0 Å². The van der Waals surface area contributed by atoms with E-state index in [0.29, 0.717) is 32.1 Å². The average Bonchev–Trinajstić information content (AvgIpc) is 3.52. The SMILES string of the molecule is CCCc1cc(CNC(=O)[C@@]23COC[C@@H]2CN(c2cc(C)nc4ccccc24)C3)on1.O=CO. The van der Waals surface area contributed by atoms with Crippen LogP contribution in [0.5, 0.6) is 0 Å². The molecule has 2 aromatic heterocycles. The number of aromatic nitrogens is 2. The summed E-state index contributed by atoms with van der Waals surface area (Å²) in [5.74, 6) is 0.875. The minimum Gasteiger partial charge on any atom is -0.483 e. The molecule has 1 amide bonds. The molecular formula is C25H30N4O5. The number of carboxylic acid groups (broad SMARTS) is 1. The first-order chi connectivity index (χ1) is 16.5. The largest absolute Gasteiger partial charge is 0.483 e. The van der Waals surface area contributed by atoms with Crippen molar-refractivity contribution < 1.29 is 24.0 Å².